The number of nitrogens with one attached hydrogen (secondary N) is 1. The van der Waals surface area contributed by atoms with Gasteiger partial charge in [0.15, 0.2) is 0 Å². The fourth-order valence-electron chi connectivity index (χ4n) is 1.70. The third-order valence-electron chi connectivity index (χ3n) is 2.64. The molecule has 4 nitrogen and oxygen atoms in total. The van der Waals surface area contributed by atoms with Crippen molar-refractivity contribution < 1.29 is 14.3 Å². The second kappa shape index (κ2) is 7.79. The van der Waals surface area contributed by atoms with Crippen LogP contribution in [0.4, 0.5) is 0 Å². The first-order chi connectivity index (χ1) is 7.34. The number of Topliss-reactive ketones (excluding diaryl/α,β-unsaturated/α-hetero) is 1. The number of hydrogen-bond acceptors (Lipinski definition) is 4. The molecule has 0 aromatic rings. The van der Waals surface area contributed by atoms with Crippen LogP contribution >= 0.6 is 0 Å². The molecule has 88 valence electrons. The van der Waals surface area contributed by atoms with E-state index >= 15 is 0 Å². The Morgan fingerprint density at radius 1 is 1.40 bits per heavy atom. The lowest BCUT2D eigenvalue weighted by Gasteiger charge is -2.21. The molecule has 1 heterocycles. The molecular formula is C11H21NO3. The zero-order valence-corrected chi connectivity index (χ0v) is 9.46. The van der Waals surface area contributed by atoms with Gasteiger partial charge in [0.1, 0.15) is 5.78 Å². The summed E-state index contributed by atoms with van der Waals surface area (Å²) in [6.45, 7) is 3.80. The van der Waals surface area contributed by atoms with Crippen LogP contribution < -0.4 is 5.32 Å². The van der Waals surface area contributed by atoms with E-state index in [4.69, 9.17) is 9.47 Å². The Morgan fingerprint density at radius 2 is 2.27 bits per heavy atom. The summed E-state index contributed by atoms with van der Waals surface area (Å²) < 4.78 is 10.3. The molecule has 1 aliphatic heterocycles. The lowest BCUT2D eigenvalue weighted by molar-refractivity contribution is -0.124. The van der Waals surface area contributed by atoms with Crippen LogP contribution in [0.15, 0.2) is 0 Å². The average Bonchev–Trinajstić information content (AvgIpc) is 2.25. The predicted octanol–water partition coefficient (Wildman–Crippen LogP) is 0.608. The Hall–Kier alpha value is -0.450. The van der Waals surface area contributed by atoms with Gasteiger partial charge in [-0.3, -0.25) is 4.79 Å². The van der Waals surface area contributed by atoms with Crippen LogP contribution in [0, 0.1) is 5.92 Å². The Balaban J connectivity index is 1.96. The van der Waals surface area contributed by atoms with Crippen molar-refractivity contribution in [1.29, 1.82) is 0 Å². The van der Waals surface area contributed by atoms with Crippen molar-refractivity contribution in [3.63, 3.8) is 0 Å². The molecule has 0 spiro atoms. The monoisotopic (exact) mass is 215 g/mol. The van der Waals surface area contributed by atoms with Gasteiger partial charge in [-0.05, 0) is 12.8 Å². The summed E-state index contributed by atoms with van der Waals surface area (Å²) >= 11 is 0. The van der Waals surface area contributed by atoms with Gasteiger partial charge in [0, 0.05) is 52.4 Å². The van der Waals surface area contributed by atoms with Crippen molar-refractivity contribution in [2.24, 2.45) is 5.92 Å². The molecule has 0 aromatic carbocycles. The second-order valence-corrected chi connectivity index (χ2v) is 3.86. The molecule has 1 fully saturated rings. The summed E-state index contributed by atoms with van der Waals surface area (Å²) in [6.07, 6.45) is 2.44. The van der Waals surface area contributed by atoms with E-state index in [9.17, 15) is 4.79 Å². The standard InChI is InChI=1S/C11H21NO3/c1-14-6-2-7-15-8-4-10-9-12-5-3-11(10)13/h10,12H,2-9H2,1H3. The summed E-state index contributed by atoms with van der Waals surface area (Å²) in [5.74, 6) is 0.551. The Labute approximate surface area is 91.3 Å². The van der Waals surface area contributed by atoms with Gasteiger partial charge < -0.3 is 14.8 Å². The number of ether oxygens (including phenoxy) is 2. The van der Waals surface area contributed by atoms with Gasteiger partial charge in [-0.25, -0.2) is 0 Å². The maximum Gasteiger partial charge on any atom is 0.138 e. The fourth-order valence-corrected chi connectivity index (χ4v) is 1.70. The van der Waals surface area contributed by atoms with Crippen LogP contribution in [-0.2, 0) is 14.3 Å². The maximum absolute atomic E-state index is 11.4. The summed E-state index contributed by atoms with van der Waals surface area (Å²) in [7, 11) is 1.69. The van der Waals surface area contributed by atoms with Crippen LogP contribution in [0.2, 0.25) is 0 Å². The van der Waals surface area contributed by atoms with Gasteiger partial charge in [-0.15, -0.1) is 0 Å². The minimum Gasteiger partial charge on any atom is -0.385 e. The molecule has 1 aliphatic rings. The minimum atomic E-state index is 0.168. The smallest absolute Gasteiger partial charge is 0.138 e. The van der Waals surface area contributed by atoms with Crippen LogP contribution in [-0.4, -0.2) is 45.8 Å². The number of ketones is 1. The van der Waals surface area contributed by atoms with Crippen molar-refractivity contribution in [1.82, 2.24) is 5.32 Å². The van der Waals surface area contributed by atoms with E-state index in [2.05, 4.69) is 5.32 Å². The minimum absolute atomic E-state index is 0.168. The molecule has 0 bridgehead atoms. The molecule has 0 amide bonds. The highest BCUT2D eigenvalue weighted by Gasteiger charge is 2.20. The van der Waals surface area contributed by atoms with Crippen molar-refractivity contribution in [2.75, 3.05) is 40.0 Å². The average molecular weight is 215 g/mol. The van der Waals surface area contributed by atoms with Gasteiger partial charge in [-0.1, -0.05) is 0 Å². The molecule has 0 aliphatic carbocycles. The molecule has 1 unspecified atom stereocenters. The first kappa shape index (κ1) is 12.6. The number of hydrogen-bond donors (Lipinski definition) is 1. The number of rotatable bonds is 7. The van der Waals surface area contributed by atoms with E-state index in [1.807, 2.05) is 0 Å². The van der Waals surface area contributed by atoms with Crippen LogP contribution in [0.1, 0.15) is 19.3 Å². The van der Waals surface area contributed by atoms with Gasteiger partial charge in [0.05, 0.1) is 0 Å². The van der Waals surface area contributed by atoms with E-state index < -0.39 is 0 Å². The number of carbonyl (C=O) groups is 1. The highest BCUT2D eigenvalue weighted by molar-refractivity contribution is 5.82. The van der Waals surface area contributed by atoms with E-state index in [1.165, 1.54) is 0 Å². The van der Waals surface area contributed by atoms with Gasteiger partial charge in [-0.2, -0.15) is 0 Å². The fraction of sp³-hybridized carbons (Fsp3) is 0.909. The summed E-state index contributed by atoms with van der Waals surface area (Å²) in [5.41, 5.74) is 0. The molecule has 15 heavy (non-hydrogen) atoms. The van der Waals surface area contributed by atoms with Crippen molar-refractivity contribution in [3.8, 4) is 0 Å². The van der Waals surface area contributed by atoms with Gasteiger partial charge >= 0.3 is 0 Å². The summed E-state index contributed by atoms with van der Waals surface area (Å²) in [6, 6.07) is 0. The highest BCUT2D eigenvalue weighted by Crippen LogP contribution is 2.10. The molecule has 0 saturated carbocycles. The Kier molecular flexibility index (Phi) is 6.55. The molecule has 1 saturated heterocycles. The van der Waals surface area contributed by atoms with E-state index in [-0.39, 0.29) is 5.92 Å². The second-order valence-electron chi connectivity index (χ2n) is 3.86. The number of carbonyl (C=O) groups excluding carboxylic acids is 1. The predicted molar refractivity (Wildman–Crippen MR) is 57.9 cm³/mol. The maximum atomic E-state index is 11.4. The van der Waals surface area contributed by atoms with Gasteiger partial charge in [0.25, 0.3) is 0 Å². The lowest BCUT2D eigenvalue weighted by atomic mass is 9.95. The lowest BCUT2D eigenvalue weighted by Crippen LogP contribution is -2.37. The van der Waals surface area contributed by atoms with Crippen molar-refractivity contribution in [3.05, 3.63) is 0 Å². The molecular weight excluding hydrogens is 194 g/mol. The normalized spacial score (nSPS) is 21.9. The first-order valence-corrected chi connectivity index (χ1v) is 5.64. The quantitative estimate of drug-likeness (QED) is 0.632. The zero-order chi connectivity index (χ0) is 10.9. The van der Waals surface area contributed by atoms with Crippen LogP contribution in [0.5, 0.6) is 0 Å². The van der Waals surface area contributed by atoms with E-state index in [0.29, 0.717) is 18.8 Å². The molecule has 4 heteroatoms. The van der Waals surface area contributed by atoms with E-state index in [0.717, 1.165) is 39.1 Å². The Bertz CT molecular complexity index is 185. The third-order valence-corrected chi connectivity index (χ3v) is 2.64. The topological polar surface area (TPSA) is 47.6 Å². The first-order valence-electron chi connectivity index (χ1n) is 5.64. The highest BCUT2D eigenvalue weighted by atomic mass is 16.5. The largest absolute Gasteiger partial charge is 0.385 e. The molecule has 1 N–H and O–H groups in total. The van der Waals surface area contributed by atoms with Crippen molar-refractivity contribution >= 4 is 5.78 Å². The molecule has 0 aromatic heterocycles. The number of methoxy groups -OCH3 is 1. The summed E-state index contributed by atoms with van der Waals surface area (Å²) in [4.78, 5) is 11.4. The molecule has 0 radical (unpaired) electrons. The van der Waals surface area contributed by atoms with Crippen molar-refractivity contribution in [2.45, 2.75) is 19.3 Å². The SMILES string of the molecule is COCCCOCCC1CNCCC1=O. The number of piperidine rings is 1. The zero-order valence-electron chi connectivity index (χ0n) is 9.46. The van der Waals surface area contributed by atoms with E-state index in [1.54, 1.807) is 7.11 Å². The van der Waals surface area contributed by atoms with Gasteiger partial charge in [0.2, 0.25) is 0 Å². The molecule has 1 rings (SSSR count). The summed E-state index contributed by atoms with van der Waals surface area (Å²) in [5, 5.41) is 3.23. The Morgan fingerprint density at radius 3 is 3.00 bits per heavy atom. The van der Waals surface area contributed by atoms with Crippen LogP contribution in [0.3, 0.4) is 0 Å². The van der Waals surface area contributed by atoms with Crippen LogP contribution in [0.25, 0.3) is 0 Å². The molecule has 1 atom stereocenters. The third kappa shape index (κ3) is 5.25.